The summed E-state index contributed by atoms with van der Waals surface area (Å²) in [5.74, 6) is 0.0168. The molecule has 74 valence electrons. The highest BCUT2D eigenvalue weighted by atomic mass is 16.2. The molecule has 0 radical (unpaired) electrons. The van der Waals surface area contributed by atoms with E-state index in [-0.39, 0.29) is 11.4 Å². The smallest absolute Gasteiger partial charge is 0.256 e. The van der Waals surface area contributed by atoms with E-state index in [4.69, 9.17) is 5.73 Å². The van der Waals surface area contributed by atoms with Crippen molar-refractivity contribution in [3.8, 4) is 0 Å². The van der Waals surface area contributed by atoms with Gasteiger partial charge in [-0.3, -0.25) is 4.79 Å². The van der Waals surface area contributed by atoms with Crippen LogP contribution in [0.25, 0.3) is 0 Å². The molecule has 14 heavy (non-hydrogen) atoms. The molecule has 0 unspecified atom stereocenters. The maximum atomic E-state index is 11.9. The minimum absolute atomic E-state index is 0.0168. The third-order valence-electron chi connectivity index (χ3n) is 3.11. The summed E-state index contributed by atoms with van der Waals surface area (Å²) in [4.78, 5) is 13.6. The van der Waals surface area contributed by atoms with Crippen molar-refractivity contribution in [2.45, 2.75) is 19.4 Å². The summed E-state index contributed by atoms with van der Waals surface area (Å²) in [6.45, 7) is 4.05. The summed E-state index contributed by atoms with van der Waals surface area (Å²) in [6.07, 6.45) is 0. The van der Waals surface area contributed by atoms with Crippen molar-refractivity contribution in [3.05, 3.63) is 29.3 Å². The monoisotopic (exact) mass is 190 g/mol. The van der Waals surface area contributed by atoms with E-state index < -0.39 is 0 Å². The van der Waals surface area contributed by atoms with Crippen LogP contribution in [-0.2, 0) is 5.54 Å². The van der Waals surface area contributed by atoms with Gasteiger partial charge in [0.05, 0.1) is 11.1 Å². The molecule has 1 aliphatic heterocycles. The van der Waals surface area contributed by atoms with Crippen LogP contribution >= 0.6 is 0 Å². The van der Waals surface area contributed by atoms with Gasteiger partial charge in [-0.25, -0.2) is 0 Å². The van der Waals surface area contributed by atoms with Crippen LogP contribution in [-0.4, -0.2) is 17.9 Å². The van der Waals surface area contributed by atoms with Crippen LogP contribution in [0.15, 0.2) is 18.2 Å². The van der Waals surface area contributed by atoms with Crippen LogP contribution in [0, 0.1) is 0 Å². The number of benzene rings is 1. The first kappa shape index (κ1) is 9.06. The molecule has 0 saturated heterocycles. The lowest BCUT2D eigenvalue weighted by atomic mass is 9.93. The lowest BCUT2D eigenvalue weighted by Crippen LogP contribution is -2.35. The van der Waals surface area contributed by atoms with E-state index in [2.05, 4.69) is 0 Å². The maximum Gasteiger partial charge on any atom is 0.256 e. The molecule has 0 bridgehead atoms. The molecule has 1 aliphatic rings. The summed E-state index contributed by atoms with van der Waals surface area (Å²) in [5.41, 5.74) is 7.81. The molecule has 1 amide bonds. The number of hydrogen-bond donors (Lipinski definition) is 1. The third kappa shape index (κ3) is 0.895. The van der Waals surface area contributed by atoms with Crippen LogP contribution in [0.1, 0.15) is 29.8 Å². The van der Waals surface area contributed by atoms with Gasteiger partial charge < -0.3 is 10.6 Å². The van der Waals surface area contributed by atoms with E-state index in [0.717, 1.165) is 5.56 Å². The van der Waals surface area contributed by atoms with Crippen LogP contribution in [0.5, 0.6) is 0 Å². The first-order valence-electron chi connectivity index (χ1n) is 4.63. The molecular weight excluding hydrogens is 176 g/mol. The van der Waals surface area contributed by atoms with E-state index in [1.54, 1.807) is 11.0 Å². The van der Waals surface area contributed by atoms with Crippen LogP contribution in [0.2, 0.25) is 0 Å². The first-order chi connectivity index (χ1) is 6.46. The Morgan fingerprint density at radius 2 is 2.00 bits per heavy atom. The van der Waals surface area contributed by atoms with Gasteiger partial charge in [-0.05, 0) is 25.5 Å². The molecule has 0 aliphatic carbocycles. The number of amides is 1. The lowest BCUT2D eigenvalue weighted by molar-refractivity contribution is 0.0692. The molecule has 2 N–H and O–H groups in total. The van der Waals surface area contributed by atoms with Crippen molar-refractivity contribution in [2.75, 3.05) is 12.8 Å². The zero-order valence-electron chi connectivity index (χ0n) is 8.66. The second-order valence-corrected chi connectivity index (χ2v) is 4.19. The third-order valence-corrected chi connectivity index (χ3v) is 3.11. The van der Waals surface area contributed by atoms with Gasteiger partial charge in [0, 0.05) is 12.7 Å². The van der Waals surface area contributed by atoms with E-state index in [1.165, 1.54) is 0 Å². The Bertz CT molecular complexity index is 410. The molecular formula is C11H14N2O. The normalized spacial score (nSPS) is 18.5. The Kier molecular flexibility index (Phi) is 1.62. The fourth-order valence-electron chi connectivity index (χ4n) is 1.92. The molecule has 1 aromatic rings. The van der Waals surface area contributed by atoms with Crippen LogP contribution in [0.4, 0.5) is 5.69 Å². The highest BCUT2D eigenvalue weighted by molar-refractivity contribution is 6.04. The van der Waals surface area contributed by atoms with Crippen LogP contribution < -0.4 is 5.73 Å². The zero-order valence-corrected chi connectivity index (χ0v) is 8.66. The Morgan fingerprint density at radius 1 is 1.36 bits per heavy atom. The summed E-state index contributed by atoms with van der Waals surface area (Å²) in [5, 5.41) is 0. The average Bonchev–Trinajstić information content (AvgIpc) is 2.30. The van der Waals surface area contributed by atoms with Crippen molar-refractivity contribution in [1.82, 2.24) is 4.90 Å². The summed E-state index contributed by atoms with van der Waals surface area (Å²) < 4.78 is 0. The van der Waals surface area contributed by atoms with E-state index >= 15 is 0 Å². The average molecular weight is 190 g/mol. The molecule has 0 atom stereocenters. The highest BCUT2D eigenvalue weighted by Gasteiger charge is 2.41. The number of carbonyl (C=O) groups is 1. The quantitative estimate of drug-likeness (QED) is 0.631. The van der Waals surface area contributed by atoms with Gasteiger partial charge in [0.25, 0.3) is 5.91 Å². The molecule has 0 spiro atoms. The Hall–Kier alpha value is -1.51. The number of nitrogens with two attached hydrogens (primary N) is 1. The van der Waals surface area contributed by atoms with Gasteiger partial charge in [-0.1, -0.05) is 12.1 Å². The summed E-state index contributed by atoms with van der Waals surface area (Å²) in [6, 6.07) is 5.63. The number of nitrogen functional groups attached to an aromatic ring is 1. The number of rotatable bonds is 0. The van der Waals surface area contributed by atoms with Crippen molar-refractivity contribution < 1.29 is 4.79 Å². The maximum absolute atomic E-state index is 11.9. The standard InChI is InChI=1S/C11H14N2O/c1-11(2)7-5-4-6-8(12)9(7)10(14)13(11)3/h4-6H,12H2,1-3H3. The summed E-state index contributed by atoms with van der Waals surface area (Å²) >= 11 is 0. The molecule has 1 heterocycles. The van der Waals surface area contributed by atoms with Gasteiger partial charge in [-0.2, -0.15) is 0 Å². The molecule has 3 nitrogen and oxygen atoms in total. The minimum atomic E-state index is -0.248. The Morgan fingerprint density at radius 3 is 2.57 bits per heavy atom. The predicted molar refractivity (Wildman–Crippen MR) is 56.0 cm³/mol. The predicted octanol–water partition coefficient (Wildman–Crippen LogP) is 1.59. The fourth-order valence-corrected chi connectivity index (χ4v) is 1.92. The van der Waals surface area contributed by atoms with Gasteiger partial charge >= 0.3 is 0 Å². The summed E-state index contributed by atoms with van der Waals surface area (Å²) in [7, 11) is 1.81. The van der Waals surface area contributed by atoms with Crippen molar-refractivity contribution in [1.29, 1.82) is 0 Å². The van der Waals surface area contributed by atoms with Gasteiger partial charge in [-0.15, -0.1) is 0 Å². The molecule has 3 heteroatoms. The number of carbonyl (C=O) groups excluding carboxylic acids is 1. The van der Waals surface area contributed by atoms with E-state index in [1.807, 2.05) is 33.0 Å². The molecule has 2 rings (SSSR count). The van der Waals surface area contributed by atoms with Crippen LogP contribution in [0.3, 0.4) is 0 Å². The molecule has 1 aromatic carbocycles. The number of fused-ring (bicyclic) bond motifs is 1. The van der Waals surface area contributed by atoms with Crippen molar-refractivity contribution >= 4 is 11.6 Å². The van der Waals surface area contributed by atoms with Gasteiger partial charge in [0.2, 0.25) is 0 Å². The number of hydrogen-bond acceptors (Lipinski definition) is 2. The zero-order chi connectivity index (χ0) is 10.5. The number of nitrogens with zero attached hydrogens (tertiary/aromatic N) is 1. The van der Waals surface area contributed by atoms with Crippen molar-refractivity contribution in [3.63, 3.8) is 0 Å². The Labute approximate surface area is 83.5 Å². The fraction of sp³-hybridized carbons (Fsp3) is 0.364. The van der Waals surface area contributed by atoms with E-state index in [9.17, 15) is 4.79 Å². The number of anilines is 1. The topological polar surface area (TPSA) is 46.3 Å². The van der Waals surface area contributed by atoms with Gasteiger partial charge in [0.15, 0.2) is 0 Å². The second kappa shape index (κ2) is 2.50. The second-order valence-electron chi connectivity index (χ2n) is 4.19. The first-order valence-corrected chi connectivity index (χ1v) is 4.63. The van der Waals surface area contributed by atoms with E-state index in [0.29, 0.717) is 11.3 Å². The molecule has 0 saturated carbocycles. The largest absolute Gasteiger partial charge is 0.398 e. The highest BCUT2D eigenvalue weighted by Crippen LogP contribution is 2.39. The Balaban J connectivity index is 2.74. The van der Waals surface area contributed by atoms with Crippen molar-refractivity contribution in [2.24, 2.45) is 0 Å². The minimum Gasteiger partial charge on any atom is -0.398 e. The molecule has 0 aromatic heterocycles. The SMILES string of the molecule is CN1C(=O)c2c(N)cccc2C1(C)C. The molecule has 0 fully saturated rings. The van der Waals surface area contributed by atoms with Gasteiger partial charge in [0.1, 0.15) is 0 Å². The lowest BCUT2D eigenvalue weighted by Gasteiger charge is -2.28.